The van der Waals surface area contributed by atoms with E-state index in [2.05, 4.69) is 0 Å². The van der Waals surface area contributed by atoms with Crippen molar-refractivity contribution in [2.24, 2.45) is 0 Å². The van der Waals surface area contributed by atoms with E-state index in [1.807, 2.05) is 36.4 Å². The van der Waals surface area contributed by atoms with Crippen LogP contribution in [0.5, 0.6) is 11.5 Å². The van der Waals surface area contributed by atoms with E-state index in [0.717, 1.165) is 22.3 Å². The highest BCUT2D eigenvalue weighted by Crippen LogP contribution is 2.50. The third kappa shape index (κ3) is 6.46. The lowest BCUT2D eigenvalue weighted by atomic mass is 9.83. The number of hydrogen-bond acceptors (Lipinski definition) is 5. The Labute approximate surface area is 238 Å². The second kappa shape index (κ2) is 13.0. The molecule has 2 aliphatic rings. The molecule has 9 heteroatoms. The standard InChI is InChI=1S/C28H34Cl4O5/c29-13-1-9-27(33,10-2-14-30)19-5-7-23-21(17-19)25-36-24-8-6-20(18-22(24)26(35-23)37-25)28(34,11-3-15-31)12-4-16-32/h5-8,17-18,25-26,33-34H,1-4,9-16H2. The molecule has 204 valence electrons. The molecule has 0 saturated heterocycles. The van der Waals surface area contributed by atoms with Crippen molar-refractivity contribution in [2.45, 2.75) is 75.1 Å². The lowest BCUT2D eigenvalue weighted by molar-refractivity contribution is -0.227. The highest BCUT2D eigenvalue weighted by molar-refractivity contribution is 6.18. The molecule has 0 amide bonds. The van der Waals surface area contributed by atoms with Gasteiger partial charge < -0.3 is 19.7 Å². The van der Waals surface area contributed by atoms with Crippen molar-refractivity contribution in [3.05, 3.63) is 58.7 Å². The van der Waals surface area contributed by atoms with Crippen LogP contribution in [0.2, 0.25) is 0 Å². The summed E-state index contributed by atoms with van der Waals surface area (Å²) in [7, 11) is 0. The molecule has 2 aliphatic heterocycles. The second-order valence-corrected chi connectivity index (χ2v) is 11.3. The topological polar surface area (TPSA) is 68.2 Å². The molecule has 0 aromatic heterocycles. The molecule has 2 atom stereocenters. The van der Waals surface area contributed by atoms with Gasteiger partial charge in [0.2, 0.25) is 12.6 Å². The fourth-order valence-corrected chi connectivity index (χ4v) is 5.73. The zero-order chi connectivity index (χ0) is 26.5. The van der Waals surface area contributed by atoms with Gasteiger partial charge in [0.05, 0.1) is 22.3 Å². The van der Waals surface area contributed by atoms with Crippen LogP contribution in [0.3, 0.4) is 0 Å². The molecule has 0 fully saturated rings. The Hall–Kier alpha value is -0.920. The van der Waals surface area contributed by atoms with Crippen LogP contribution in [-0.2, 0) is 15.9 Å². The lowest BCUT2D eigenvalue weighted by Gasteiger charge is -2.39. The highest BCUT2D eigenvalue weighted by Gasteiger charge is 2.40. The van der Waals surface area contributed by atoms with Gasteiger partial charge in [-0.2, -0.15) is 0 Å². The van der Waals surface area contributed by atoms with E-state index in [0.29, 0.717) is 86.4 Å². The first-order chi connectivity index (χ1) is 17.9. The van der Waals surface area contributed by atoms with Crippen molar-refractivity contribution in [2.75, 3.05) is 23.5 Å². The third-order valence-electron chi connectivity index (χ3n) is 7.21. The summed E-state index contributed by atoms with van der Waals surface area (Å²) in [6, 6.07) is 11.3. The van der Waals surface area contributed by atoms with Crippen molar-refractivity contribution in [1.29, 1.82) is 0 Å². The summed E-state index contributed by atoms with van der Waals surface area (Å²) in [5, 5.41) is 23.0. The van der Waals surface area contributed by atoms with Crippen molar-refractivity contribution >= 4 is 46.4 Å². The van der Waals surface area contributed by atoms with E-state index >= 15 is 0 Å². The third-order valence-corrected chi connectivity index (χ3v) is 8.28. The first-order valence-electron chi connectivity index (χ1n) is 12.8. The summed E-state index contributed by atoms with van der Waals surface area (Å²) >= 11 is 23.7. The summed E-state index contributed by atoms with van der Waals surface area (Å²) in [5.41, 5.74) is 0.876. The van der Waals surface area contributed by atoms with Gasteiger partial charge in [-0.1, -0.05) is 12.1 Å². The highest BCUT2D eigenvalue weighted by atomic mass is 35.5. The first kappa shape index (κ1) is 29.1. The average molecular weight is 592 g/mol. The minimum Gasteiger partial charge on any atom is -0.460 e. The predicted octanol–water partition coefficient (Wildman–Crippen LogP) is 7.64. The zero-order valence-electron chi connectivity index (χ0n) is 20.7. The molecule has 4 rings (SSSR count). The minimum atomic E-state index is -1.05. The summed E-state index contributed by atoms with van der Waals surface area (Å²) in [4.78, 5) is 0. The van der Waals surface area contributed by atoms with Gasteiger partial charge in [0, 0.05) is 23.5 Å². The number of fused-ring (bicyclic) bond motifs is 6. The van der Waals surface area contributed by atoms with Crippen LogP contribution < -0.4 is 9.47 Å². The van der Waals surface area contributed by atoms with E-state index in [4.69, 9.17) is 60.6 Å². The molecule has 37 heavy (non-hydrogen) atoms. The van der Waals surface area contributed by atoms with E-state index in [9.17, 15) is 10.2 Å². The van der Waals surface area contributed by atoms with Gasteiger partial charge in [-0.15, -0.1) is 46.4 Å². The number of benzene rings is 2. The van der Waals surface area contributed by atoms with Crippen LogP contribution in [-0.4, -0.2) is 33.7 Å². The molecule has 2 unspecified atom stereocenters. The maximum Gasteiger partial charge on any atom is 0.233 e. The largest absolute Gasteiger partial charge is 0.460 e. The Morgan fingerprint density at radius 1 is 0.595 bits per heavy atom. The van der Waals surface area contributed by atoms with Gasteiger partial charge in [0.1, 0.15) is 11.5 Å². The molecule has 0 saturated carbocycles. The Balaban J connectivity index is 1.61. The molecule has 2 aromatic rings. The number of ether oxygens (including phenoxy) is 3. The smallest absolute Gasteiger partial charge is 0.233 e. The van der Waals surface area contributed by atoms with Gasteiger partial charge in [-0.3, -0.25) is 4.74 Å². The van der Waals surface area contributed by atoms with Crippen molar-refractivity contribution in [3.8, 4) is 11.5 Å². The van der Waals surface area contributed by atoms with E-state index in [-0.39, 0.29) is 0 Å². The minimum absolute atomic E-state index is 0.472. The number of alkyl halides is 4. The van der Waals surface area contributed by atoms with Gasteiger partial charge in [-0.05, 0) is 86.8 Å². The monoisotopic (exact) mass is 590 g/mol. The van der Waals surface area contributed by atoms with Crippen molar-refractivity contribution < 1.29 is 24.4 Å². The summed E-state index contributed by atoms with van der Waals surface area (Å²) < 4.78 is 18.6. The van der Waals surface area contributed by atoms with Crippen molar-refractivity contribution in [1.82, 2.24) is 0 Å². The van der Waals surface area contributed by atoms with Crippen LogP contribution in [0.15, 0.2) is 36.4 Å². The quantitative estimate of drug-likeness (QED) is 0.221. The Morgan fingerprint density at radius 3 is 1.27 bits per heavy atom. The molecule has 5 nitrogen and oxygen atoms in total. The van der Waals surface area contributed by atoms with Gasteiger partial charge in [-0.25, -0.2) is 0 Å². The van der Waals surface area contributed by atoms with Gasteiger partial charge in [0.25, 0.3) is 0 Å². The molecule has 0 spiro atoms. The maximum absolute atomic E-state index is 11.5. The summed E-state index contributed by atoms with van der Waals surface area (Å²) in [5.74, 6) is 3.16. The molecule has 2 N–H and O–H groups in total. The number of hydrogen-bond donors (Lipinski definition) is 2. The van der Waals surface area contributed by atoms with E-state index in [1.54, 1.807) is 0 Å². The SMILES string of the molecule is OC(CCCCl)(CCCCl)c1ccc2c(c1)C1Oc3ccc(C(O)(CCCCl)CCCCl)cc3C(O2)O1. The average Bonchev–Trinajstić information content (AvgIpc) is 2.92. The van der Waals surface area contributed by atoms with Crippen molar-refractivity contribution in [3.63, 3.8) is 0 Å². The number of halogens is 4. The fourth-order valence-electron chi connectivity index (χ4n) is 5.20. The maximum atomic E-state index is 11.5. The second-order valence-electron chi connectivity index (χ2n) is 9.77. The summed E-state index contributed by atoms with van der Waals surface area (Å²) in [6.45, 7) is 0. The normalized spacial score (nSPS) is 18.5. The molecular formula is C28H34Cl4O5. The number of aliphatic hydroxyl groups is 2. The van der Waals surface area contributed by atoms with E-state index < -0.39 is 23.8 Å². The van der Waals surface area contributed by atoms with Gasteiger partial charge in [0.15, 0.2) is 0 Å². The van der Waals surface area contributed by atoms with Crippen LogP contribution in [0.1, 0.15) is 86.2 Å². The van der Waals surface area contributed by atoms with Crippen LogP contribution >= 0.6 is 46.4 Å². The molecule has 0 aliphatic carbocycles. The molecular weight excluding hydrogens is 558 g/mol. The Morgan fingerprint density at radius 2 is 0.946 bits per heavy atom. The number of rotatable bonds is 14. The molecule has 0 radical (unpaired) electrons. The Kier molecular flexibility index (Phi) is 10.2. The van der Waals surface area contributed by atoms with Crippen LogP contribution in [0, 0.1) is 0 Å². The van der Waals surface area contributed by atoms with Crippen LogP contribution in [0.25, 0.3) is 0 Å². The fraction of sp³-hybridized carbons (Fsp3) is 0.571. The Bertz CT molecular complexity index is 952. The van der Waals surface area contributed by atoms with Gasteiger partial charge >= 0.3 is 0 Å². The van der Waals surface area contributed by atoms with E-state index in [1.165, 1.54) is 0 Å². The predicted molar refractivity (Wildman–Crippen MR) is 148 cm³/mol. The molecule has 2 heterocycles. The van der Waals surface area contributed by atoms with Crippen LogP contribution in [0.4, 0.5) is 0 Å². The summed E-state index contributed by atoms with van der Waals surface area (Å²) in [6.07, 6.45) is 3.51. The lowest BCUT2D eigenvalue weighted by Crippen LogP contribution is -2.32. The molecule has 2 bridgehead atoms. The zero-order valence-corrected chi connectivity index (χ0v) is 23.8. The first-order valence-corrected chi connectivity index (χ1v) is 15.0. The molecule has 2 aromatic carbocycles.